The molecule has 1 aliphatic carbocycles. The van der Waals surface area contributed by atoms with Gasteiger partial charge in [-0.2, -0.15) is 0 Å². The van der Waals surface area contributed by atoms with Gasteiger partial charge in [0.2, 0.25) is 0 Å². The van der Waals surface area contributed by atoms with E-state index < -0.39 is 0 Å². The highest BCUT2D eigenvalue weighted by molar-refractivity contribution is 5.25. The molecular formula is C17H27N. The molecular weight excluding hydrogens is 218 g/mol. The lowest BCUT2D eigenvalue weighted by atomic mass is 9.84. The molecule has 1 aromatic carbocycles. The predicted molar refractivity (Wildman–Crippen MR) is 78.8 cm³/mol. The second-order valence-corrected chi connectivity index (χ2v) is 5.84. The van der Waals surface area contributed by atoms with Crippen LogP contribution in [0, 0.1) is 12.8 Å². The Morgan fingerprint density at radius 1 is 1.22 bits per heavy atom. The van der Waals surface area contributed by atoms with Crippen LogP contribution in [0.5, 0.6) is 0 Å². The number of rotatable bonds is 5. The highest BCUT2D eigenvalue weighted by Crippen LogP contribution is 2.30. The van der Waals surface area contributed by atoms with E-state index in [1.165, 1.54) is 56.1 Å². The number of hydrogen-bond donors (Lipinski definition) is 1. The molecule has 0 bridgehead atoms. The van der Waals surface area contributed by atoms with Crippen LogP contribution >= 0.6 is 0 Å². The van der Waals surface area contributed by atoms with Crippen LogP contribution in [0.3, 0.4) is 0 Å². The van der Waals surface area contributed by atoms with Gasteiger partial charge in [0.1, 0.15) is 0 Å². The summed E-state index contributed by atoms with van der Waals surface area (Å²) in [5.41, 5.74) is 2.82. The van der Waals surface area contributed by atoms with Gasteiger partial charge in [0.05, 0.1) is 0 Å². The van der Waals surface area contributed by atoms with Gasteiger partial charge in [0, 0.05) is 6.04 Å². The average Bonchev–Trinajstić information content (AvgIpc) is 2.41. The van der Waals surface area contributed by atoms with Crippen LogP contribution in [0.4, 0.5) is 0 Å². The summed E-state index contributed by atoms with van der Waals surface area (Å²) < 4.78 is 0. The maximum absolute atomic E-state index is 3.49. The number of nitrogens with one attached hydrogen (secondary N) is 1. The van der Waals surface area contributed by atoms with Crippen LogP contribution in [-0.4, -0.2) is 7.05 Å². The molecule has 18 heavy (non-hydrogen) atoms. The summed E-state index contributed by atoms with van der Waals surface area (Å²) in [4.78, 5) is 0. The summed E-state index contributed by atoms with van der Waals surface area (Å²) in [5.74, 6) is 0.986. The molecule has 2 rings (SSSR count). The molecule has 0 aromatic heterocycles. The maximum Gasteiger partial charge on any atom is 0.0317 e. The van der Waals surface area contributed by atoms with E-state index in [0.717, 1.165) is 5.92 Å². The summed E-state index contributed by atoms with van der Waals surface area (Å²) in [7, 11) is 2.09. The smallest absolute Gasteiger partial charge is 0.0317 e. The van der Waals surface area contributed by atoms with Crippen molar-refractivity contribution in [2.75, 3.05) is 7.05 Å². The van der Waals surface area contributed by atoms with Crippen molar-refractivity contribution in [1.29, 1.82) is 0 Å². The van der Waals surface area contributed by atoms with Gasteiger partial charge in [0.25, 0.3) is 0 Å². The van der Waals surface area contributed by atoms with Gasteiger partial charge in [-0.15, -0.1) is 0 Å². The zero-order valence-corrected chi connectivity index (χ0v) is 11.9. The summed E-state index contributed by atoms with van der Waals surface area (Å²) in [6.07, 6.45) is 9.97. The van der Waals surface area contributed by atoms with E-state index in [1.54, 1.807) is 0 Å². The van der Waals surface area contributed by atoms with E-state index in [4.69, 9.17) is 0 Å². The summed E-state index contributed by atoms with van der Waals surface area (Å²) in [5, 5.41) is 3.49. The molecule has 1 nitrogen and oxygen atoms in total. The Bertz CT molecular complexity index is 352. The fourth-order valence-electron chi connectivity index (χ4n) is 3.24. The normalized spacial score (nSPS) is 18.8. The Hall–Kier alpha value is -0.820. The first-order valence-electron chi connectivity index (χ1n) is 7.53. The summed E-state index contributed by atoms with van der Waals surface area (Å²) in [6.45, 7) is 2.18. The van der Waals surface area contributed by atoms with Gasteiger partial charge in [-0.3, -0.25) is 0 Å². The molecule has 1 atom stereocenters. The molecule has 0 aliphatic heterocycles. The summed E-state index contributed by atoms with van der Waals surface area (Å²) >= 11 is 0. The number of aryl methyl sites for hydroxylation is 1. The molecule has 1 N–H and O–H groups in total. The SMILES string of the molecule is CNC(CCC1CCCCC1)c1cccc(C)c1. The molecule has 1 aromatic rings. The van der Waals surface area contributed by atoms with Crippen LogP contribution in [-0.2, 0) is 0 Å². The van der Waals surface area contributed by atoms with Crippen molar-refractivity contribution < 1.29 is 0 Å². The Labute approximate surface area is 112 Å². The molecule has 100 valence electrons. The average molecular weight is 245 g/mol. The molecule has 1 fully saturated rings. The lowest BCUT2D eigenvalue weighted by molar-refractivity contribution is 0.317. The van der Waals surface area contributed by atoms with E-state index in [-0.39, 0.29) is 0 Å². The van der Waals surface area contributed by atoms with Crippen molar-refractivity contribution in [3.63, 3.8) is 0 Å². The molecule has 1 heteroatoms. The van der Waals surface area contributed by atoms with Crippen LogP contribution in [0.15, 0.2) is 24.3 Å². The number of benzene rings is 1. The Kier molecular flexibility index (Phi) is 5.25. The standard InChI is InChI=1S/C17H27N/c1-14-7-6-10-16(13-14)17(18-2)12-11-15-8-4-3-5-9-15/h6-7,10,13,15,17-18H,3-5,8-9,11-12H2,1-2H3. The molecule has 0 spiro atoms. The van der Waals surface area contributed by atoms with Gasteiger partial charge in [-0.1, -0.05) is 61.9 Å². The topological polar surface area (TPSA) is 12.0 Å². The highest BCUT2D eigenvalue weighted by atomic mass is 14.9. The first-order valence-corrected chi connectivity index (χ1v) is 7.53. The van der Waals surface area contributed by atoms with Crippen LogP contribution in [0.2, 0.25) is 0 Å². The van der Waals surface area contributed by atoms with Crippen molar-refractivity contribution in [2.45, 2.75) is 57.9 Å². The summed E-state index contributed by atoms with van der Waals surface area (Å²) in [6, 6.07) is 9.47. The molecule has 0 amide bonds. The lowest BCUT2D eigenvalue weighted by Gasteiger charge is -2.24. The van der Waals surface area contributed by atoms with Crippen molar-refractivity contribution in [1.82, 2.24) is 5.32 Å². The van der Waals surface area contributed by atoms with Gasteiger partial charge in [-0.05, 0) is 38.3 Å². The Morgan fingerprint density at radius 3 is 2.67 bits per heavy atom. The lowest BCUT2D eigenvalue weighted by Crippen LogP contribution is -2.18. The van der Waals surface area contributed by atoms with Crippen molar-refractivity contribution >= 4 is 0 Å². The van der Waals surface area contributed by atoms with Gasteiger partial charge in [-0.25, -0.2) is 0 Å². The molecule has 0 radical (unpaired) electrons. The largest absolute Gasteiger partial charge is 0.313 e. The van der Waals surface area contributed by atoms with Crippen LogP contribution in [0.25, 0.3) is 0 Å². The van der Waals surface area contributed by atoms with Gasteiger partial charge < -0.3 is 5.32 Å². The minimum absolute atomic E-state index is 0.534. The van der Waals surface area contributed by atoms with E-state index >= 15 is 0 Å². The van der Waals surface area contributed by atoms with Crippen molar-refractivity contribution in [2.24, 2.45) is 5.92 Å². The molecule has 0 heterocycles. The van der Waals surface area contributed by atoms with Crippen LogP contribution in [0.1, 0.15) is 62.1 Å². The third kappa shape index (κ3) is 3.84. The zero-order chi connectivity index (χ0) is 12.8. The van der Waals surface area contributed by atoms with Crippen molar-refractivity contribution in [3.8, 4) is 0 Å². The van der Waals surface area contributed by atoms with Gasteiger partial charge >= 0.3 is 0 Å². The first-order chi connectivity index (χ1) is 8.79. The molecule has 1 aliphatic rings. The van der Waals surface area contributed by atoms with Crippen LogP contribution < -0.4 is 5.32 Å². The number of hydrogen-bond acceptors (Lipinski definition) is 1. The van der Waals surface area contributed by atoms with E-state index in [0.29, 0.717) is 6.04 Å². The first kappa shape index (κ1) is 13.6. The third-order valence-electron chi connectivity index (χ3n) is 4.38. The predicted octanol–water partition coefficient (Wildman–Crippen LogP) is 4.62. The molecule has 1 unspecified atom stereocenters. The second-order valence-electron chi connectivity index (χ2n) is 5.84. The minimum atomic E-state index is 0.534. The monoisotopic (exact) mass is 245 g/mol. The van der Waals surface area contributed by atoms with Gasteiger partial charge in [0.15, 0.2) is 0 Å². The maximum atomic E-state index is 3.49. The van der Waals surface area contributed by atoms with Crippen molar-refractivity contribution in [3.05, 3.63) is 35.4 Å². The fourth-order valence-corrected chi connectivity index (χ4v) is 3.24. The molecule has 1 saturated carbocycles. The second kappa shape index (κ2) is 6.94. The minimum Gasteiger partial charge on any atom is -0.313 e. The fraction of sp³-hybridized carbons (Fsp3) is 0.647. The Morgan fingerprint density at radius 2 is 2.00 bits per heavy atom. The Balaban J connectivity index is 1.88. The van der Waals surface area contributed by atoms with E-state index in [9.17, 15) is 0 Å². The highest BCUT2D eigenvalue weighted by Gasteiger charge is 2.16. The molecule has 0 saturated heterocycles. The zero-order valence-electron chi connectivity index (χ0n) is 11.9. The van der Waals surface area contributed by atoms with E-state index in [1.807, 2.05) is 0 Å². The quantitative estimate of drug-likeness (QED) is 0.798. The third-order valence-corrected chi connectivity index (χ3v) is 4.38. The van der Waals surface area contributed by atoms with E-state index in [2.05, 4.69) is 43.6 Å².